The van der Waals surface area contributed by atoms with Gasteiger partial charge in [0, 0.05) is 22.3 Å². The Morgan fingerprint density at radius 2 is 2.10 bits per heavy atom. The van der Waals surface area contributed by atoms with E-state index in [9.17, 15) is 4.21 Å². The molecule has 1 aliphatic heterocycles. The third-order valence-corrected chi connectivity index (χ3v) is 6.34. The van der Waals surface area contributed by atoms with Crippen LogP contribution in [-0.2, 0) is 10.8 Å². The average molecular weight is 240 g/mol. The molecule has 1 saturated heterocycles. The summed E-state index contributed by atoms with van der Waals surface area (Å²) < 4.78 is 9.35. The van der Waals surface area contributed by atoms with E-state index in [2.05, 4.69) is 0 Å². The van der Waals surface area contributed by atoms with Crippen LogP contribution in [0.1, 0.15) is 0 Å². The average Bonchev–Trinajstić information content (AvgIpc) is 2.11. The van der Waals surface area contributed by atoms with Crippen LogP contribution in [0.15, 0.2) is 0 Å². The first-order valence-electron chi connectivity index (χ1n) is 2.57. The second kappa shape index (κ2) is 3.40. The normalized spacial score (nSPS) is 34.7. The van der Waals surface area contributed by atoms with E-state index < -0.39 is 14.6 Å². The van der Waals surface area contributed by atoms with Gasteiger partial charge < -0.3 is 0 Å². The molecular weight excluding hydrogens is 235 g/mol. The van der Waals surface area contributed by atoms with Gasteiger partial charge in [-0.3, -0.25) is 4.21 Å². The zero-order chi connectivity index (χ0) is 7.78. The topological polar surface area (TPSA) is 17.1 Å². The summed E-state index contributed by atoms with van der Waals surface area (Å²) in [7, 11) is -0.963. The van der Waals surface area contributed by atoms with Gasteiger partial charge in [0.1, 0.15) is 4.58 Å². The summed E-state index contributed by atoms with van der Waals surface area (Å²) in [4.78, 5) is 0. The number of hydrogen-bond donors (Lipinski definition) is 0. The molecule has 0 bridgehead atoms. The molecule has 0 aromatic heterocycles. The Bertz CT molecular complexity index is 155. The third kappa shape index (κ3) is 2.18. The van der Waals surface area contributed by atoms with E-state index >= 15 is 0 Å². The number of thioether (sulfide) groups is 1. The molecule has 1 nitrogen and oxygen atoms in total. The molecule has 0 spiro atoms. The van der Waals surface area contributed by atoms with Gasteiger partial charge in [0.25, 0.3) is 0 Å². The van der Waals surface area contributed by atoms with Gasteiger partial charge in [-0.2, -0.15) is 0 Å². The molecule has 0 aliphatic carbocycles. The van der Waals surface area contributed by atoms with E-state index in [1.54, 1.807) is 0 Å². The standard InChI is InChI=1S/C4H5Cl3OS2/c5-4(6,7)3-9-1-2-10(3)8/h3H,1-2H2. The minimum Gasteiger partial charge on any atom is -0.258 e. The van der Waals surface area contributed by atoms with E-state index in [-0.39, 0.29) is 4.58 Å². The lowest BCUT2D eigenvalue weighted by Gasteiger charge is -2.16. The fourth-order valence-electron chi connectivity index (χ4n) is 0.664. The van der Waals surface area contributed by atoms with Gasteiger partial charge in [0.15, 0.2) is 0 Å². The van der Waals surface area contributed by atoms with Gasteiger partial charge in [-0.25, -0.2) is 0 Å². The Morgan fingerprint density at radius 1 is 1.50 bits per heavy atom. The van der Waals surface area contributed by atoms with Crippen molar-refractivity contribution in [2.75, 3.05) is 11.5 Å². The Kier molecular flexibility index (Phi) is 3.21. The fraction of sp³-hybridized carbons (Fsp3) is 1.00. The van der Waals surface area contributed by atoms with Gasteiger partial charge in [-0.1, -0.05) is 34.8 Å². The van der Waals surface area contributed by atoms with Crippen molar-refractivity contribution in [3.05, 3.63) is 0 Å². The summed E-state index contributed by atoms with van der Waals surface area (Å²) in [6, 6.07) is 0. The minimum absolute atomic E-state index is 0.336. The summed E-state index contributed by atoms with van der Waals surface area (Å²) >= 11 is 18.1. The fourth-order valence-corrected chi connectivity index (χ4v) is 5.27. The number of alkyl halides is 3. The molecule has 0 radical (unpaired) electrons. The van der Waals surface area contributed by atoms with Gasteiger partial charge in [0.05, 0.1) is 0 Å². The summed E-state index contributed by atoms with van der Waals surface area (Å²) in [5.41, 5.74) is 0. The van der Waals surface area contributed by atoms with Crippen LogP contribution in [0.5, 0.6) is 0 Å². The van der Waals surface area contributed by atoms with Gasteiger partial charge in [0.2, 0.25) is 3.79 Å². The van der Waals surface area contributed by atoms with E-state index in [0.717, 1.165) is 5.75 Å². The van der Waals surface area contributed by atoms with Crippen molar-refractivity contribution in [3.8, 4) is 0 Å². The van der Waals surface area contributed by atoms with Gasteiger partial charge in [-0.05, 0) is 0 Å². The van der Waals surface area contributed by atoms with Crippen molar-refractivity contribution in [3.63, 3.8) is 0 Å². The molecule has 0 N–H and O–H groups in total. The predicted molar refractivity (Wildman–Crippen MR) is 49.5 cm³/mol. The lowest BCUT2D eigenvalue weighted by molar-refractivity contribution is 0.683. The zero-order valence-electron chi connectivity index (χ0n) is 4.85. The van der Waals surface area contributed by atoms with Crippen molar-refractivity contribution >= 4 is 57.4 Å². The van der Waals surface area contributed by atoms with Crippen LogP contribution < -0.4 is 0 Å². The molecule has 0 aromatic rings. The zero-order valence-corrected chi connectivity index (χ0v) is 8.75. The van der Waals surface area contributed by atoms with E-state index in [0.29, 0.717) is 5.75 Å². The van der Waals surface area contributed by atoms with Crippen molar-refractivity contribution in [2.24, 2.45) is 0 Å². The summed E-state index contributed by atoms with van der Waals surface area (Å²) in [5.74, 6) is 1.47. The molecule has 1 heterocycles. The van der Waals surface area contributed by atoms with Crippen molar-refractivity contribution in [1.29, 1.82) is 0 Å². The number of rotatable bonds is 0. The van der Waals surface area contributed by atoms with Crippen LogP contribution >= 0.6 is 46.6 Å². The van der Waals surface area contributed by atoms with Crippen LogP contribution in [0.2, 0.25) is 0 Å². The smallest absolute Gasteiger partial charge is 0.213 e. The number of halogens is 3. The molecule has 0 amide bonds. The highest BCUT2D eigenvalue weighted by Gasteiger charge is 2.40. The molecule has 1 aliphatic rings. The van der Waals surface area contributed by atoms with Gasteiger partial charge >= 0.3 is 0 Å². The SMILES string of the molecule is O=S1CCSC1C(Cl)(Cl)Cl. The van der Waals surface area contributed by atoms with Crippen LogP contribution in [0.25, 0.3) is 0 Å². The Hall–Kier alpha value is 1.37. The first-order chi connectivity index (χ1) is 4.52. The lowest BCUT2D eigenvalue weighted by atomic mass is 10.9. The molecular formula is C4H5Cl3OS2. The summed E-state index contributed by atoms with van der Waals surface area (Å²) in [6.45, 7) is 0. The molecule has 10 heavy (non-hydrogen) atoms. The van der Waals surface area contributed by atoms with E-state index in [4.69, 9.17) is 34.8 Å². The maximum atomic E-state index is 11.1. The van der Waals surface area contributed by atoms with Crippen LogP contribution in [-0.4, -0.2) is 24.1 Å². The maximum absolute atomic E-state index is 11.1. The van der Waals surface area contributed by atoms with Crippen molar-refractivity contribution in [2.45, 2.75) is 8.37 Å². The Morgan fingerprint density at radius 3 is 2.30 bits per heavy atom. The quantitative estimate of drug-likeness (QED) is 0.603. The molecule has 60 valence electrons. The molecule has 2 atom stereocenters. The number of hydrogen-bond acceptors (Lipinski definition) is 2. The van der Waals surface area contributed by atoms with Crippen molar-refractivity contribution < 1.29 is 4.21 Å². The summed E-state index contributed by atoms with van der Waals surface area (Å²) in [6.07, 6.45) is 0. The molecule has 0 aromatic carbocycles. The molecule has 1 rings (SSSR count). The molecule has 1 fully saturated rings. The second-order valence-corrected chi connectivity index (χ2v) is 7.35. The first-order valence-corrected chi connectivity index (χ1v) is 6.14. The monoisotopic (exact) mass is 238 g/mol. The Balaban J connectivity index is 2.64. The van der Waals surface area contributed by atoms with Crippen LogP contribution in [0.3, 0.4) is 0 Å². The Labute approximate surface area is 81.2 Å². The van der Waals surface area contributed by atoms with Gasteiger partial charge in [-0.15, -0.1) is 11.8 Å². The third-order valence-electron chi connectivity index (χ3n) is 1.06. The molecule has 2 unspecified atom stereocenters. The van der Waals surface area contributed by atoms with E-state index in [1.807, 2.05) is 0 Å². The van der Waals surface area contributed by atoms with E-state index in [1.165, 1.54) is 11.8 Å². The van der Waals surface area contributed by atoms with Crippen LogP contribution in [0.4, 0.5) is 0 Å². The highest BCUT2D eigenvalue weighted by Crippen LogP contribution is 2.42. The van der Waals surface area contributed by atoms with Crippen molar-refractivity contribution in [1.82, 2.24) is 0 Å². The minimum atomic E-state index is -1.37. The van der Waals surface area contributed by atoms with Crippen LogP contribution in [0, 0.1) is 0 Å². The highest BCUT2D eigenvalue weighted by atomic mass is 35.6. The largest absolute Gasteiger partial charge is 0.258 e. The highest BCUT2D eigenvalue weighted by molar-refractivity contribution is 8.14. The lowest BCUT2D eigenvalue weighted by Crippen LogP contribution is -2.23. The molecule has 0 saturated carbocycles. The predicted octanol–water partition coefficient (Wildman–Crippen LogP) is 2.18. The second-order valence-electron chi connectivity index (χ2n) is 1.83. The molecule has 6 heteroatoms. The summed E-state index contributed by atoms with van der Waals surface area (Å²) in [5, 5.41) is 0. The maximum Gasteiger partial charge on any atom is 0.213 e. The first kappa shape index (κ1) is 9.46.